The van der Waals surface area contributed by atoms with E-state index in [1.54, 1.807) is 36.5 Å². The first kappa shape index (κ1) is 15.9. The molecule has 0 spiro atoms. The van der Waals surface area contributed by atoms with Crippen LogP contribution in [-0.2, 0) is 10.1 Å². The van der Waals surface area contributed by atoms with E-state index in [0.29, 0.717) is 22.2 Å². The van der Waals surface area contributed by atoms with E-state index in [-0.39, 0.29) is 10.5 Å². The molecule has 6 nitrogen and oxygen atoms in total. The van der Waals surface area contributed by atoms with E-state index >= 15 is 0 Å². The molecule has 0 aliphatic rings. The van der Waals surface area contributed by atoms with Crippen molar-refractivity contribution in [1.82, 2.24) is 9.97 Å². The molecule has 5 aromatic rings. The number of nitrogens with zero attached hydrogens (tertiary/aromatic N) is 2. The van der Waals surface area contributed by atoms with Crippen molar-refractivity contribution in [2.75, 3.05) is 0 Å². The molecule has 1 N–H and O–H groups in total. The summed E-state index contributed by atoms with van der Waals surface area (Å²) >= 11 is 0. The molecule has 27 heavy (non-hydrogen) atoms. The minimum absolute atomic E-state index is 0.201. The molecule has 0 aliphatic heterocycles. The quantitative estimate of drug-likeness (QED) is 0.458. The first-order valence-corrected chi connectivity index (χ1v) is 9.60. The maximum atomic E-state index is 11.8. The van der Waals surface area contributed by atoms with Gasteiger partial charge in [0.05, 0.1) is 5.52 Å². The minimum atomic E-state index is -4.41. The Bertz CT molecular complexity index is 1450. The summed E-state index contributed by atoms with van der Waals surface area (Å²) in [6.07, 6.45) is 1.67. The summed E-state index contributed by atoms with van der Waals surface area (Å²) in [5.41, 5.74) is 2.39. The highest BCUT2D eigenvalue weighted by Gasteiger charge is 2.20. The lowest BCUT2D eigenvalue weighted by Gasteiger charge is -2.03. The summed E-state index contributed by atoms with van der Waals surface area (Å²) < 4.78 is 39.2. The SMILES string of the molecule is O=S(=O)(O)c1cc2oc(-c3ccnc4ccccc34)nc2c2ccccc12. The topological polar surface area (TPSA) is 93.3 Å². The van der Waals surface area contributed by atoms with Gasteiger partial charge < -0.3 is 4.42 Å². The maximum Gasteiger partial charge on any atom is 0.295 e. The monoisotopic (exact) mass is 376 g/mol. The number of para-hydroxylation sites is 1. The van der Waals surface area contributed by atoms with Gasteiger partial charge in [-0.2, -0.15) is 8.42 Å². The number of hydrogen-bond donors (Lipinski definition) is 1. The molecule has 0 atom stereocenters. The highest BCUT2D eigenvalue weighted by atomic mass is 32.2. The average molecular weight is 376 g/mol. The van der Waals surface area contributed by atoms with E-state index in [1.165, 1.54) is 6.07 Å². The van der Waals surface area contributed by atoms with Crippen molar-refractivity contribution in [2.24, 2.45) is 0 Å². The molecule has 7 heteroatoms. The second-order valence-corrected chi connectivity index (χ2v) is 7.53. The lowest BCUT2D eigenvalue weighted by molar-refractivity contribution is 0.484. The van der Waals surface area contributed by atoms with E-state index in [4.69, 9.17) is 4.42 Å². The molecule has 0 aliphatic carbocycles. The molecule has 3 aromatic carbocycles. The van der Waals surface area contributed by atoms with Gasteiger partial charge in [-0.25, -0.2) is 4.98 Å². The molecule has 132 valence electrons. The van der Waals surface area contributed by atoms with Gasteiger partial charge in [-0.3, -0.25) is 9.54 Å². The van der Waals surface area contributed by atoms with Gasteiger partial charge in [-0.05, 0) is 12.1 Å². The van der Waals surface area contributed by atoms with Crippen LogP contribution in [-0.4, -0.2) is 22.9 Å². The Hall–Kier alpha value is -3.29. The average Bonchev–Trinajstić information content (AvgIpc) is 3.10. The number of oxazole rings is 1. The second kappa shape index (κ2) is 5.60. The molecule has 2 aromatic heterocycles. The van der Waals surface area contributed by atoms with Crippen LogP contribution in [0.2, 0.25) is 0 Å². The zero-order valence-corrected chi connectivity index (χ0v) is 14.6. The van der Waals surface area contributed by atoms with Crippen LogP contribution < -0.4 is 0 Å². The third kappa shape index (κ3) is 2.48. The molecule has 0 saturated carbocycles. The molecule has 0 unspecified atom stereocenters. The molecule has 0 amide bonds. The Morgan fingerprint density at radius 1 is 0.889 bits per heavy atom. The van der Waals surface area contributed by atoms with Crippen LogP contribution in [0.25, 0.3) is 44.2 Å². The van der Waals surface area contributed by atoms with Crippen molar-refractivity contribution in [2.45, 2.75) is 4.90 Å². The Morgan fingerprint density at radius 3 is 2.37 bits per heavy atom. The third-order valence-corrected chi connectivity index (χ3v) is 5.41. The normalized spacial score (nSPS) is 12.2. The minimum Gasteiger partial charge on any atom is -0.436 e. The molecular weight excluding hydrogens is 364 g/mol. The number of hydrogen-bond acceptors (Lipinski definition) is 5. The highest BCUT2D eigenvalue weighted by Crippen LogP contribution is 2.35. The van der Waals surface area contributed by atoms with Crippen LogP contribution in [0.4, 0.5) is 0 Å². The van der Waals surface area contributed by atoms with Gasteiger partial charge >= 0.3 is 0 Å². The van der Waals surface area contributed by atoms with Crippen LogP contribution >= 0.6 is 0 Å². The summed E-state index contributed by atoms with van der Waals surface area (Å²) in [5.74, 6) is 0.362. The van der Waals surface area contributed by atoms with Crippen LogP contribution in [0.5, 0.6) is 0 Å². The second-order valence-electron chi connectivity index (χ2n) is 6.14. The van der Waals surface area contributed by atoms with Crippen LogP contribution in [0.1, 0.15) is 0 Å². The first-order valence-electron chi connectivity index (χ1n) is 8.16. The molecule has 0 radical (unpaired) electrons. The van der Waals surface area contributed by atoms with Gasteiger partial charge in [0, 0.05) is 34.0 Å². The van der Waals surface area contributed by atoms with E-state index < -0.39 is 10.1 Å². The molecule has 0 saturated heterocycles. The van der Waals surface area contributed by atoms with Gasteiger partial charge in [0.15, 0.2) is 5.58 Å². The van der Waals surface area contributed by atoms with Gasteiger partial charge in [0.1, 0.15) is 10.4 Å². The highest BCUT2D eigenvalue weighted by molar-refractivity contribution is 7.86. The fraction of sp³-hybridized carbons (Fsp3) is 0. The largest absolute Gasteiger partial charge is 0.436 e. The summed E-state index contributed by atoms with van der Waals surface area (Å²) in [7, 11) is -4.41. The number of fused-ring (bicyclic) bond motifs is 4. The van der Waals surface area contributed by atoms with Crippen molar-refractivity contribution in [3.8, 4) is 11.5 Å². The predicted octanol–water partition coefficient (Wildman–Crippen LogP) is 4.44. The summed E-state index contributed by atoms with van der Waals surface area (Å²) in [6.45, 7) is 0. The first-order chi connectivity index (χ1) is 13.0. The van der Waals surface area contributed by atoms with Crippen LogP contribution in [0, 0.1) is 0 Å². The Labute approximate surface area is 153 Å². The predicted molar refractivity (Wildman–Crippen MR) is 102 cm³/mol. The van der Waals surface area contributed by atoms with Gasteiger partial charge in [0.2, 0.25) is 5.89 Å². The third-order valence-electron chi connectivity index (χ3n) is 4.52. The van der Waals surface area contributed by atoms with E-state index in [2.05, 4.69) is 9.97 Å². The number of pyridine rings is 1. The summed E-state index contributed by atoms with van der Waals surface area (Å²) in [6, 6.07) is 17.6. The number of rotatable bonds is 2. The van der Waals surface area contributed by atoms with Crippen LogP contribution in [0.3, 0.4) is 0 Å². The standard InChI is InChI=1S/C20H12N2O4S/c23-27(24,25)18-11-17-19(14-7-2-1-6-13(14)18)22-20(26-17)15-9-10-21-16-8-4-3-5-12(15)16/h1-11H,(H,23,24,25). The zero-order chi connectivity index (χ0) is 18.6. The molecule has 0 bridgehead atoms. The lowest BCUT2D eigenvalue weighted by Crippen LogP contribution is -1.99. The zero-order valence-electron chi connectivity index (χ0n) is 13.8. The van der Waals surface area contributed by atoms with Gasteiger partial charge in [0.25, 0.3) is 10.1 Å². The molecule has 5 rings (SSSR count). The maximum absolute atomic E-state index is 11.8. The van der Waals surface area contributed by atoms with Crippen molar-refractivity contribution in [1.29, 1.82) is 0 Å². The summed E-state index contributed by atoms with van der Waals surface area (Å²) in [4.78, 5) is 8.75. The molecule has 0 fully saturated rings. The number of aromatic nitrogens is 2. The summed E-state index contributed by atoms with van der Waals surface area (Å²) in [5, 5.41) is 1.87. The van der Waals surface area contributed by atoms with Crippen molar-refractivity contribution < 1.29 is 17.4 Å². The number of benzene rings is 3. The van der Waals surface area contributed by atoms with E-state index in [0.717, 1.165) is 16.5 Å². The smallest absolute Gasteiger partial charge is 0.295 e. The molecular formula is C20H12N2O4S. The van der Waals surface area contributed by atoms with E-state index in [9.17, 15) is 13.0 Å². The van der Waals surface area contributed by atoms with Crippen molar-refractivity contribution in [3.05, 3.63) is 66.9 Å². The Balaban J connectivity index is 1.88. The fourth-order valence-electron chi connectivity index (χ4n) is 3.33. The van der Waals surface area contributed by atoms with Crippen LogP contribution in [0.15, 0.2) is 76.2 Å². The van der Waals surface area contributed by atoms with Crippen molar-refractivity contribution >= 4 is 42.9 Å². The van der Waals surface area contributed by atoms with Gasteiger partial charge in [-0.15, -0.1) is 0 Å². The van der Waals surface area contributed by atoms with Gasteiger partial charge in [-0.1, -0.05) is 42.5 Å². The fourth-order valence-corrected chi connectivity index (χ4v) is 4.05. The Kier molecular flexibility index (Phi) is 3.30. The Morgan fingerprint density at radius 2 is 1.59 bits per heavy atom. The van der Waals surface area contributed by atoms with E-state index in [1.807, 2.05) is 24.3 Å². The van der Waals surface area contributed by atoms with Crippen molar-refractivity contribution in [3.63, 3.8) is 0 Å². The molecule has 2 heterocycles. The lowest BCUT2D eigenvalue weighted by atomic mass is 10.1.